The van der Waals surface area contributed by atoms with Crippen molar-refractivity contribution in [2.24, 2.45) is 0 Å². The van der Waals surface area contributed by atoms with Gasteiger partial charge < -0.3 is 10.1 Å². The van der Waals surface area contributed by atoms with E-state index in [1.807, 2.05) is 6.92 Å². The van der Waals surface area contributed by atoms with Crippen LogP contribution in [0.3, 0.4) is 0 Å². The van der Waals surface area contributed by atoms with Crippen molar-refractivity contribution in [3.05, 3.63) is 17.0 Å². The van der Waals surface area contributed by atoms with E-state index in [1.54, 1.807) is 6.07 Å². The third-order valence-electron chi connectivity index (χ3n) is 3.15. The maximum absolute atomic E-state index is 11.7. The Morgan fingerprint density at radius 2 is 2.30 bits per heavy atom. The molecule has 2 rings (SSSR count). The second kappa shape index (κ2) is 6.69. The van der Waals surface area contributed by atoms with Gasteiger partial charge >= 0.3 is 0 Å². The molecule has 1 aliphatic heterocycles. The summed E-state index contributed by atoms with van der Waals surface area (Å²) in [6, 6.07) is 1.58. The molecule has 0 radical (unpaired) electrons. The summed E-state index contributed by atoms with van der Waals surface area (Å²) >= 11 is 5.92. The molecule has 112 valence electrons. The van der Waals surface area contributed by atoms with Gasteiger partial charge in [0.05, 0.1) is 11.0 Å². The van der Waals surface area contributed by atoms with Gasteiger partial charge in [0.25, 0.3) is 0 Å². The molecule has 0 aromatic carbocycles. The zero-order chi connectivity index (χ0) is 14.6. The van der Waals surface area contributed by atoms with Crippen LogP contribution in [0.15, 0.2) is 6.07 Å². The highest BCUT2D eigenvalue weighted by Crippen LogP contribution is 2.21. The van der Waals surface area contributed by atoms with Gasteiger partial charge in [0.1, 0.15) is 17.6 Å². The van der Waals surface area contributed by atoms with Gasteiger partial charge in [-0.25, -0.2) is 18.4 Å². The maximum Gasteiger partial charge on any atom is 0.158 e. The highest BCUT2D eigenvalue weighted by Gasteiger charge is 2.30. The predicted molar refractivity (Wildman–Crippen MR) is 77.7 cm³/mol. The van der Waals surface area contributed by atoms with E-state index in [9.17, 15) is 8.42 Å². The van der Waals surface area contributed by atoms with Crippen LogP contribution in [0.2, 0.25) is 5.15 Å². The van der Waals surface area contributed by atoms with Gasteiger partial charge in [0.2, 0.25) is 0 Å². The van der Waals surface area contributed by atoms with Crippen LogP contribution in [0.25, 0.3) is 0 Å². The molecule has 1 unspecified atom stereocenters. The van der Waals surface area contributed by atoms with Gasteiger partial charge in [-0.05, 0) is 19.8 Å². The van der Waals surface area contributed by atoms with Crippen LogP contribution in [0, 0.1) is 0 Å². The van der Waals surface area contributed by atoms with Crippen molar-refractivity contribution >= 4 is 27.3 Å². The monoisotopic (exact) mass is 319 g/mol. The molecular formula is C12H18ClN3O3S. The molecular weight excluding hydrogens is 302 g/mol. The molecule has 1 aromatic heterocycles. The fourth-order valence-electron chi connectivity index (χ4n) is 2.12. The Balaban J connectivity index is 2.00. The smallest absolute Gasteiger partial charge is 0.158 e. The van der Waals surface area contributed by atoms with Crippen LogP contribution < -0.4 is 5.32 Å². The standard InChI is InChI=1S/C12H18ClN3O3S/c1-2-19-8-12-15-10(13)6-11(16-12)14-7-9-4-3-5-20(9,17)18/h6,9H,2-5,7-8H2,1H3,(H,14,15,16). The first kappa shape index (κ1) is 15.5. The number of nitrogens with one attached hydrogen (secondary N) is 1. The minimum absolute atomic E-state index is 0.277. The SMILES string of the molecule is CCOCc1nc(Cl)cc(NCC2CCCS2(=O)=O)n1. The van der Waals surface area contributed by atoms with E-state index < -0.39 is 9.84 Å². The Bertz CT molecular complexity index is 565. The fourth-order valence-corrected chi connectivity index (χ4v) is 4.09. The number of nitrogens with zero attached hydrogens (tertiary/aromatic N) is 2. The molecule has 20 heavy (non-hydrogen) atoms. The number of aromatic nitrogens is 2. The Kier molecular flexibility index (Phi) is 5.17. The Hall–Kier alpha value is -0.920. The van der Waals surface area contributed by atoms with Gasteiger partial charge in [-0.2, -0.15) is 0 Å². The van der Waals surface area contributed by atoms with Crippen LogP contribution in [-0.2, 0) is 21.2 Å². The fraction of sp³-hybridized carbons (Fsp3) is 0.667. The molecule has 1 saturated heterocycles. The lowest BCUT2D eigenvalue weighted by molar-refractivity contribution is 0.128. The first-order valence-electron chi connectivity index (χ1n) is 6.58. The topological polar surface area (TPSA) is 81.2 Å². The third kappa shape index (κ3) is 4.04. The van der Waals surface area contributed by atoms with E-state index in [1.165, 1.54) is 0 Å². The number of ether oxygens (including phenoxy) is 1. The molecule has 0 saturated carbocycles. The zero-order valence-electron chi connectivity index (χ0n) is 11.3. The summed E-state index contributed by atoms with van der Waals surface area (Å²) in [7, 11) is -2.96. The number of anilines is 1. The van der Waals surface area contributed by atoms with E-state index in [2.05, 4.69) is 15.3 Å². The first-order chi connectivity index (χ1) is 9.51. The molecule has 0 aliphatic carbocycles. The summed E-state index contributed by atoms with van der Waals surface area (Å²) in [5.41, 5.74) is 0. The van der Waals surface area contributed by atoms with Gasteiger partial charge in [-0.15, -0.1) is 0 Å². The highest BCUT2D eigenvalue weighted by atomic mass is 35.5. The van der Waals surface area contributed by atoms with Gasteiger partial charge in [-0.3, -0.25) is 0 Å². The van der Waals surface area contributed by atoms with Crippen LogP contribution in [-0.4, -0.2) is 42.5 Å². The number of hydrogen-bond acceptors (Lipinski definition) is 6. The van der Waals surface area contributed by atoms with Gasteiger partial charge in [0.15, 0.2) is 15.7 Å². The molecule has 8 heteroatoms. The summed E-state index contributed by atoms with van der Waals surface area (Å²) in [5, 5.41) is 3.00. The van der Waals surface area contributed by atoms with E-state index >= 15 is 0 Å². The molecule has 0 bridgehead atoms. The van der Waals surface area contributed by atoms with Crippen molar-refractivity contribution in [2.75, 3.05) is 24.2 Å². The van der Waals surface area contributed by atoms with Crippen molar-refractivity contribution in [3.63, 3.8) is 0 Å². The third-order valence-corrected chi connectivity index (χ3v) is 5.62. The lowest BCUT2D eigenvalue weighted by Crippen LogP contribution is -2.25. The van der Waals surface area contributed by atoms with Crippen molar-refractivity contribution in [1.29, 1.82) is 0 Å². The minimum Gasteiger partial charge on any atom is -0.374 e. The summed E-state index contributed by atoms with van der Waals surface area (Å²) in [5.74, 6) is 1.29. The summed E-state index contributed by atoms with van der Waals surface area (Å²) in [4.78, 5) is 8.30. The first-order valence-corrected chi connectivity index (χ1v) is 8.67. The van der Waals surface area contributed by atoms with Crippen molar-refractivity contribution < 1.29 is 13.2 Å². The second-order valence-electron chi connectivity index (χ2n) is 4.64. The Morgan fingerprint density at radius 1 is 1.50 bits per heavy atom. The van der Waals surface area contributed by atoms with Crippen LogP contribution in [0.4, 0.5) is 5.82 Å². The zero-order valence-corrected chi connectivity index (χ0v) is 12.9. The van der Waals surface area contributed by atoms with Crippen molar-refractivity contribution in [1.82, 2.24) is 9.97 Å². The van der Waals surface area contributed by atoms with Crippen LogP contribution in [0.5, 0.6) is 0 Å². The van der Waals surface area contributed by atoms with Crippen molar-refractivity contribution in [3.8, 4) is 0 Å². The molecule has 1 aliphatic rings. The largest absolute Gasteiger partial charge is 0.374 e. The quantitative estimate of drug-likeness (QED) is 0.803. The maximum atomic E-state index is 11.7. The number of halogens is 1. The van der Waals surface area contributed by atoms with Crippen molar-refractivity contribution in [2.45, 2.75) is 31.6 Å². The van der Waals surface area contributed by atoms with E-state index in [0.717, 1.165) is 6.42 Å². The van der Waals surface area contributed by atoms with E-state index in [0.29, 0.717) is 36.4 Å². The average molecular weight is 320 g/mol. The average Bonchev–Trinajstić information content (AvgIpc) is 2.72. The number of rotatable bonds is 6. The molecule has 0 spiro atoms. The Labute approximate surface area is 123 Å². The van der Waals surface area contributed by atoms with E-state index in [4.69, 9.17) is 16.3 Å². The molecule has 0 amide bonds. The Morgan fingerprint density at radius 3 is 2.95 bits per heavy atom. The van der Waals surface area contributed by atoms with Crippen LogP contribution in [0.1, 0.15) is 25.6 Å². The molecule has 1 fully saturated rings. The minimum atomic E-state index is -2.96. The second-order valence-corrected chi connectivity index (χ2v) is 7.43. The molecule has 1 N–H and O–H groups in total. The van der Waals surface area contributed by atoms with Gasteiger partial charge in [-0.1, -0.05) is 11.6 Å². The molecule has 1 atom stereocenters. The summed E-state index contributed by atoms with van der Waals surface area (Å²) < 4.78 is 28.7. The normalized spacial score (nSPS) is 21.0. The van der Waals surface area contributed by atoms with Crippen LogP contribution >= 0.6 is 11.6 Å². The van der Waals surface area contributed by atoms with Gasteiger partial charge in [0, 0.05) is 19.2 Å². The highest BCUT2D eigenvalue weighted by molar-refractivity contribution is 7.92. The molecule has 2 heterocycles. The number of sulfone groups is 1. The molecule has 1 aromatic rings. The predicted octanol–water partition coefficient (Wildman–Crippen LogP) is 1.66. The lowest BCUT2D eigenvalue weighted by atomic mass is 10.2. The summed E-state index contributed by atoms with van der Waals surface area (Å²) in [6.45, 7) is 3.09. The van der Waals surface area contributed by atoms with E-state index in [-0.39, 0.29) is 17.6 Å². The summed E-state index contributed by atoms with van der Waals surface area (Å²) in [6.07, 6.45) is 1.43. The number of hydrogen-bond donors (Lipinski definition) is 1. The molecule has 6 nitrogen and oxygen atoms in total. The lowest BCUT2D eigenvalue weighted by Gasteiger charge is -2.12.